The van der Waals surface area contributed by atoms with Crippen LogP contribution in [0.25, 0.3) is 0 Å². The highest BCUT2D eigenvalue weighted by Crippen LogP contribution is 2.04. The smallest absolute Gasteiger partial charge is 0.239 e. The first kappa shape index (κ1) is 12.5. The van der Waals surface area contributed by atoms with Crippen molar-refractivity contribution in [2.45, 2.75) is 19.0 Å². The Kier molecular flexibility index (Phi) is 4.73. The van der Waals surface area contributed by atoms with Gasteiger partial charge in [0.2, 0.25) is 5.91 Å². The van der Waals surface area contributed by atoms with Gasteiger partial charge in [-0.3, -0.25) is 4.79 Å². The minimum Gasteiger partial charge on any atom is -0.340 e. The molecule has 1 rings (SSSR count). The van der Waals surface area contributed by atoms with Gasteiger partial charge in [-0.15, -0.1) is 6.58 Å². The monoisotopic (exact) mass is 218 g/mol. The number of amides is 1. The topological polar surface area (TPSA) is 46.3 Å². The molecule has 0 saturated carbocycles. The number of hydrogen-bond donors (Lipinski definition) is 1. The van der Waals surface area contributed by atoms with E-state index in [1.165, 1.54) is 0 Å². The van der Waals surface area contributed by atoms with Crippen molar-refractivity contribution in [3.05, 3.63) is 48.6 Å². The van der Waals surface area contributed by atoms with Crippen LogP contribution in [0, 0.1) is 0 Å². The first-order chi connectivity index (χ1) is 7.65. The molecule has 0 fully saturated rings. The first-order valence-electron chi connectivity index (χ1n) is 5.30. The highest BCUT2D eigenvalue weighted by molar-refractivity contribution is 5.81. The predicted octanol–water partition coefficient (Wildman–Crippen LogP) is 1.55. The summed E-state index contributed by atoms with van der Waals surface area (Å²) < 4.78 is 0. The molecular weight excluding hydrogens is 200 g/mol. The van der Waals surface area contributed by atoms with Crippen LogP contribution in [0.4, 0.5) is 0 Å². The maximum absolute atomic E-state index is 11.8. The number of carbonyl (C=O) groups excluding carboxylic acids is 1. The summed E-state index contributed by atoms with van der Waals surface area (Å²) in [5.74, 6) is -0.0521. The van der Waals surface area contributed by atoms with E-state index in [-0.39, 0.29) is 5.91 Å². The van der Waals surface area contributed by atoms with Gasteiger partial charge in [-0.05, 0) is 12.0 Å². The molecule has 1 aromatic rings. The van der Waals surface area contributed by atoms with Crippen molar-refractivity contribution in [1.82, 2.24) is 4.90 Å². The molecule has 0 radical (unpaired) electrons. The summed E-state index contributed by atoms with van der Waals surface area (Å²) in [6, 6.07) is 9.36. The molecule has 2 N–H and O–H groups in total. The number of nitrogens with zero attached hydrogens (tertiary/aromatic N) is 1. The van der Waals surface area contributed by atoms with Crippen LogP contribution < -0.4 is 5.73 Å². The highest BCUT2D eigenvalue weighted by atomic mass is 16.2. The fourth-order valence-corrected chi connectivity index (χ4v) is 1.50. The van der Waals surface area contributed by atoms with Crippen molar-refractivity contribution >= 4 is 5.91 Å². The lowest BCUT2D eigenvalue weighted by Gasteiger charge is -2.20. The van der Waals surface area contributed by atoms with Crippen molar-refractivity contribution in [3.63, 3.8) is 0 Å². The predicted molar refractivity (Wildman–Crippen MR) is 65.7 cm³/mol. The van der Waals surface area contributed by atoms with E-state index < -0.39 is 6.04 Å². The summed E-state index contributed by atoms with van der Waals surface area (Å²) in [6.07, 6.45) is 2.18. The van der Waals surface area contributed by atoms with Crippen molar-refractivity contribution in [1.29, 1.82) is 0 Å². The van der Waals surface area contributed by atoms with Gasteiger partial charge in [0.15, 0.2) is 0 Å². The zero-order valence-electron chi connectivity index (χ0n) is 9.60. The molecule has 0 bridgehead atoms. The number of nitrogens with two attached hydrogens (primary N) is 1. The average molecular weight is 218 g/mol. The summed E-state index contributed by atoms with van der Waals surface area (Å²) >= 11 is 0. The molecule has 0 saturated heterocycles. The molecule has 1 amide bonds. The summed E-state index contributed by atoms with van der Waals surface area (Å²) in [7, 11) is 1.76. The number of rotatable bonds is 5. The van der Waals surface area contributed by atoms with Gasteiger partial charge in [-0.25, -0.2) is 0 Å². The maximum atomic E-state index is 11.8. The van der Waals surface area contributed by atoms with Gasteiger partial charge in [-0.2, -0.15) is 0 Å². The average Bonchev–Trinajstić information content (AvgIpc) is 2.29. The second kappa shape index (κ2) is 6.08. The Balaban J connectivity index is 2.55. The Morgan fingerprint density at radius 2 is 2.12 bits per heavy atom. The van der Waals surface area contributed by atoms with E-state index >= 15 is 0 Å². The zero-order valence-corrected chi connectivity index (χ0v) is 9.60. The quantitative estimate of drug-likeness (QED) is 0.762. The van der Waals surface area contributed by atoms with Crippen LogP contribution in [0.2, 0.25) is 0 Å². The van der Waals surface area contributed by atoms with Gasteiger partial charge in [0.25, 0.3) is 0 Å². The molecule has 1 aromatic carbocycles. The van der Waals surface area contributed by atoms with Crippen LogP contribution >= 0.6 is 0 Å². The summed E-state index contributed by atoms with van der Waals surface area (Å²) in [5.41, 5.74) is 6.82. The lowest BCUT2D eigenvalue weighted by atomic mass is 10.1. The minimum atomic E-state index is -0.480. The van der Waals surface area contributed by atoms with Crippen LogP contribution in [0.5, 0.6) is 0 Å². The number of carbonyl (C=O) groups is 1. The van der Waals surface area contributed by atoms with E-state index in [1.807, 2.05) is 30.3 Å². The standard InChI is InChI=1S/C13H18N2O/c1-3-7-12(14)13(16)15(2)10-11-8-5-4-6-9-11/h3-6,8-9,12H,1,7,10,14H2,2H3. The molecule has 3 heteroatoms. The largest absolute Gasteiger partial charge is 0.340 e. The molecule has 0 spiro atoms. The third-order valence-corrected chi connectivity index (χ3v) is 2.38. The molecule has 0 heterocycles. The lowest BCUT2D eigenvalue weighted by molar-refractivity contribution is -0.131. The molecule has 0 aliphatic carbocycles. The molecule has 16 heavy (non-hydrogen) atoms. The summed E-state index contributed by atoms with van der Waals surface area (Å²) in [4.78, 5) is 13.4. The van der Waals surface area contributed by atoms with Gasteiger partial charge in [0.1, 0.15) is 0 Å². The minimum absolute atomic E-state index is 0.0521. The number of benzene rings is 1. The Hall–Kier alpha value is -1.61. The Morgan fingerprint density at radius 3 is 2.69 bits per heavy atom. The molecule has 3 nitrogen and oxygen atoms in total. The van der Waals surface area contributed by atoms with E-state index in [1.54, 1.807) is 18.0 Å². The maximum Gasteiger partial charge on any atom is 0.239 e. The van der Waals surface area contributed by atoms with Crippen molar-refractivity contribution < 1.29 is 4.79 Å². The Labute approximate surface area is 96.6 Å². The van der Waals surface area contributed by atoms with Crippen LogP contribution in [0.1, 0.15) is 12.0 Å². The molecule has 0 aromatic heterocycles. The van der Waals surface area contributed by atoms with Gasteiger partial charge in [0, 0.05) is 13.6 Å². The number of hydrogen-bond acceptors (Lipinski definition) is 2. The fourth-order valence-electron chi connectivity index (χ4n) is 1.50. The summed E-state index contributed by atoms with van der Waals surface area (Å²) in [6.45, 7) is 4.16. The van der Waals surface area contributed by atoms with E-state index in [0.29, 0.717) is 13.0 Å². The zero-order chi connectivity index (χ0) is 12.0. The van der Waals surface area contributed by atoms with Crippen molar-refractivity contribution in [3.8, 4) is 0 Å². The van der Waals surface area contributed by atoms with E-state index in [9.17, 15) is 4.79 Å². The van der Waals surface area contributed by atoms with Crippen LogP contribution in [-0.2, 0) is 11.3 Å². The third kappa shape index (κ3) is 3.51. The Bertz CT molecular complexity index is 348. The number of likely N-dealkylation sites (N-methyl/N-ethyl adjacent to an activating group) is 1. The third-order valence-electron chi connectivity index (χ3n) is 2.38. The van der Waals surface area contributed by atoms with Gasteiger partial charge < -0.3 is 10.6 Å². The molecular formula is C13H18N2O. The van der Waals surface area contributed by atoms with Crippen LogP contribution in [-0.4, -0.2) is 23.9 Å². The van der Waals surface area contributed by atoms with E-state index in [0.717, 1.165) is 5.56 Å². The fraction of sp³-hybridized carbons (Fsp3) is 0.308. The van der Waals surface area contributed by atoms with E-state index in [4.69, 9.17) is 5.73 Å². The molecule has 0 aliphatic rings. The second-order valence-corrected chi connectivity index (χ2v) is 3.81. The van der Waals surface area contributed by atoms with Gasteiger partial charge in [0.05, 0.1) is 6.04 Å². The lowest BCUT2D eigenvalue weighted by Crippen LogP contribution is -2.41. The van der Waals surface area contributed by atoms with Crippen molar-refractivity contribution in [2.75, 3.05) is 7.05 Å². The highest BCUT2D eigenvalue weighted by Gasteiger charge is 2.16. The Morgan fingerprint density at radius 1 is 1.50 bits per heavy atom. The SMILES string of the molecule is C=CCC(N)C(=O)N(C)Cc1ccccc1. The second-order valence-electron chi connectivity index (χ2n) is 3.81. The normalized spacial score (nSPS) is 11.9. The summed E-state index contributed by atoms with van der Waals surface area (Å²) in [5, 5.41) is 0. The van der Waals surface area contributed by atoms with Crippen molar-refractivity contribution in [2.24, 2.45) is 5.73 Å². The molecule has 1 unspecified atom stereocenters. The molecule has 0 aliphatic heterocycles. The van der Waals surface area contributed by atoms with Gasteiger partial charge in [-0.1, -0.05) is 36.4 Å². The van der Waals surface area contributed by atoms with Crippen LogP contribution in [0.3, 0.4) is 0 Å². The van der Waals surface area contributed by atoms with Gasteiger partial charge >= 0.3 is 0 Å². The first-order valence-corrected chi connectivity index (χ1v) is 5.30. The molecule has 1 atom stereocenters. The molecule has 86 valence electrons. The van der Waals surface area contributed by atoms with Crippen LogP contribution in [0.15, 0.2) is 43.0 Å². The van der Waals surface area contributed by atoms with E-state index in [2.05, 4.69) is 6.58 Å².